The lowest BCUT2D eigenvalue weighted by molar-refractivity contribution is -0.136. The first-order valence-electron chi connectivity index (χ1n) is 7.01. The maximum atomic E-state index is 11.8. The highest BCUT2D eigenvalue weighted by molar-refractivity contribution is 7.19. The number of carbonyl (C=O) groups is 2. The predicted octanol–water partition coefficient (Wildman–Crippen LogP) is 3.74. The summed E-state index contributed by atoms with van der Waals surface area (Å²) in [5, 5.41) is 0.720. The van der Waals surface area contributed by atoms with Crippen molar-refractivity contribution in [3.8, 4) is 0 Å². The summed E-state index contributed by atoms with van der Waals surface area (Å²) in [6.07, 6.45) is 2.88. The fourth-order valence-electron chi connectivity index (χ4n) is 1.99. The van der Waals surface area contributed by atoms with Crippen LogP contribution in [0.25, 0.3) is 16.3 Å². The van der Waals surface area contributed by atoms with E-state index >= 15 is 0 Å². The van der Waals surface area contributed by atoms with Crippen molar-refractivity contribution < 1.29 is 14.3 Å². The van der Waals surface area contributed by atoms with E-state index in [2.05, 4.69) is 4.98 Å². The summed E-state index contributed by atoms with van der Waals surface area (Å²) < 4.78 is 6.01. The molecule has 0 amide bonds. The SMILES string of the molecule is O=C(/C=C/c1nc2ccccc2s1)OCC(=O)c1ccccc1. The fraction of sp³-hybridized carbons (Fsp3) is 0.0556. The van der Waals surface area contributed by atoms with Crippen LogP contribution in [0, 0.1) is 0 Å². The van der Waals surface area contributed by atoms with E-state index in [4.69, 9.17) is 4.74 Å². The first-order valence-corrected chi connectivity index (χ1v) is 7.83. The van der Waals surface area contributed by atoms with Gasteiger partial charge in [0.1, 0.15) is 5.01 Å². The molecule has 0 radical (unpaired) electrons. The Morgan fingerprint density at radius 1 is 1.04 bits per heavy atom. The minimum atomic E-state index is -0.562. The van der Waals surface area contributed by atoms with Crippen molar-refractivity contribution in [3.63, 3.8) is 0 Å². The lowest BCUT2D eigenvalue weighted by atomic mass is 10.1. The second-order valence-corrected chi connectivity index (χ2v) is 5.81. The van der Waals surface area contributed by atoms with Gasteiger partial charge in [0.15, 0.2) is 12.4 Å². The van der Waals surface area contributed by atoms with Crippen LogP contribution in [0.4, 0.5) is 0 Å². The molecule has 3 aromatic rings. The van der Waals surface area contributed by atoms with Gasteiger partial charge in [0, 0.05) is 11.6 Å². The Kier molecular flexibility index (Phi) is 4.59. The predicted molar refractivity (Wildman–Crippen MR) is 90.4 cm³/mol. The number of Topliss-reactive ketones (excluding diaryl/α,β-unsaturated/α-hetero) is 1. The topological polar surface area (TPSA) is 56.3 Å². The molecule has 114 valence electrons. The molecule has 1 heterocycles. The highest BCUT2D eigenvalue weighted by Crippen LogP contribution is 2.22. The molecular formula is C18H13NO3S. The molecule has 0 unspecified atom stereocenters. The summed E-state index contributed by atoms with van der Waals surface area (Å²) in [4.78, 5) is 27.9. The van der Waals surface area contributed by atoms with Gasteiger partial charge in [0.2, 0.25) is 0 Å². The third-order valence-corrected chi connectivity index (χ3v) is 4.12. The van der Waals surface area contributed by atoms with Crippen molar-refractivity contribution >= 4 is 39.4 Å². The summed E-state index contributed by atoms with van der Waals surface area (Å²) in [5.41, 5.74) is 1.42. The van der Waals surface area contributed by atoms with Gasteiger partial charge >= 0.3 is 5.97 Å². The number of esters is 1. The average Bonchev–Trinajstić information content (AvgIpc) is 3.01. The Hall–Kier alpha value is -2.79. The number of para-hydroxylation sites is 1. The normalized spacial score (nSPS) is 11.0. The van der Waals surface area contributed by atoms with Crippen LogP contribution in [0.3, 0.4) is 0 Å². The number of benzene rings is 2. The average molecular weight is 323 g/mol. The van der Waals surface area contributed by atoms with E-state index in [-0.39, 0.29) is 12.4 Å². The number of ether oxygens (including phenoxy) is 1. The van der Waals surface area contributed by atoms with Crippen molar-refractivity contribution in [2.75, 3.05) is 6.61 Å². The third-order valence-electron chi connectivity index (χ3n) is 3.11. The summed E-state index contributed by atoms with van der Waals surface area (Å²) in [6, 6.07) is 16.5. The molecule has 0 saturated carbocycles. The molecule has 0 aliphatic carbocycles. The van der Waals surface area contributed by atoms with Gasteiger partial charge in [-0.3, -0.25) is 4.79 Å². The molecule has 0 bridgehead atoms. The minimum Gasteiger partial charge on any atom is -0.454 e. The summed E-state index contributed by atoms with van der Waals surface area (Å²) in [6.45, 7) is -0.271. The first-order chi connectivity index (χ1) is 11.2. The number of ketones is 1. The van der Waals surface area contributed by atoms with E-state index in [1.807, 2.05) is 30.3 Å². The lowest BCUT2D eigenvalue weighted by Crippen LogP contribution is -2.12. The van der Waals surface area contributed by atoms with Crippen molar-refractivity contribution in [3.05, 3.63) is 71.2 Å². The molecule has 0 spiro atoms. The molecule has 0 aliphatic rings. The number of fused-ring (bicyclic) bond motifs is 1. The molecule has 4 nitrogen and oxygen atoms in total. The van der Waals surface area contributed by atoms with E-state index in [0.717, 1.165) is 15.2 Å². The molecule has 0 saturated heterocycles. The maximum Gasteiger partial charge on any atom is 0.331 e. The molecule has 23 heavy (non-hydrogen) atoms. The number of nitrogens with zero attached hydrogens (tertiary/aromatic N) is 1. The van der Waals surface area contributed by atoms with Crippen LogP contribution in [0.5, 0.6) is 0 Å². The standard InChI is InChI=1S/C18H13NO3S/c20-15(13-6-2-1-3-7-13)12-22-18(21)11-10-17-19-14-8-4-5-9-16(14)23-17/h1-11H,12H2/b11-10+. The van der Waals surface area contributed by atoms with Gasteiger partial charge in [0.25, 0.3) is 0 Å². The van der Waals surface area contributed by atoms with Crippen LogP contribution in [0.2, 0.25) is 0 Å². The van der Waals surface area contributed by atoms with Crippen LogP contribution in [0.1, 0.15) is 15.4 Å². The number of hydrogen-bond acceptors (Lipinski definition) is 5. The van der Waals surface area contributed by atoms with Crippen LogP contribution in [-0.4, -0.2) is 23.3 Å². The van der Waals surface area contributed by atoms with Crippen molar-refractivity contribution in [1.29, 1.82) is 0 Å². The molecule has 2 aromatic carbocycles. The smallest absolute Gasteiger partial charge is 0.331 e. The number of hydrogen-bond donors (Lipinski definition) is 0. The minimum absolute atomic E-state index is 0.229. The molecular weight excluding hydrogens is 310 g/mol. The Labute approximate surface area is 137 Å². The number of thiazole rings is 1. The monoisotopic (exact) mass is 323 g/mol. The Balaban J connectivity index is 1.57. The van der Waals surface area contributed by atoms with Gasteiger partial charge in [-0.05, 0) is 18.2 Å². The van der Waals surface area contributed by atoms with Gasteiger partial charge in [0.05, 0.1) is 10.2 Å². The Morgan fingerprint density at radius 2 is 1.78 bits per heavy atom. The van der Waals surface area contributed by atoms with Crippen LogP contribution in [0.15, 0.2) is 60.7 Å². The van der Waals surface area contributed by atoms with Gasteiger partial charge < -0.3 is 4.74 Å². The van der Waals surface area contributed by atoms with E-state index in [1.165, 1.54) is 17.4 Å². The molecule has 0 fully saturated rings. The van der Waals surface area contributed by atoms with Crippen molar-refractivity contribution in [1.82, 2.24) is 4.98 Å². The number of carbonyl (C=O) groups excluding carboxylic acids is 2. The van der Waals surface area contributed by atoms with Gasteiger partial charge in [-0.2, -0.15) is 0 Å². The second-order valence-electron chi connectivity index (χ2n) is 4.75. The van der Waals surface area contributed by atoms with E-state index < -0.39 is 5.97 Å². The fourth-order valence-corrected chi connectivity index (χ4v) is 2.86. The summed E-state index contributed by atoms with van der Waals surface area (Å²) in [5.74, 6) is -0.791. The van der Waals surface area contributed by atoms with E-state index in [0.29, 0.717) is 5.56 Å². The largest absolute Gasteiger partial charge is 0.454 e. The Morgan fingerprint density at radius 3 is 2.57 bits per heavy atom. The molecule has 1 aromatic heterocycles. The highest BCUT2D eigenvalue weighted by atomic mass is 32.1. The van der Waals surface area contributed by atoms with E-state index in [1.54, 1.807) is 30.3 Å². The zero-order chi connectivity index (χ0) is 16.1. The zero-order valence-corrected chi connectivity index (χ0v) is 13.0. The van der Waals surface area contributed by atoms with Crippen LogP contribution >= 0.6 is 11.3 Å². The first kappa shape index (κ1) is 15.1. The molecule has 0 N–H and O–H groups in total. The van der Waals surface area contributed by atoms with Gasteiger partial charge in [-0.1, -0.05) is 42.5 Å². The maximum absolute atomic E-state index is 11.8. The van der Waals surface area contributed by atoms with Gasteiger partial charge in [-0.15, -0.1) is 11.3 Å². The van der Waals surface area contributed by atoms with E-state index in [9.17, 15) is 9.59 Å². The molecule has 3 rings (SSSR count). The van der Waals surface area contributed by atoms with Crippen LogP contribution < -0.4 is 0 Å². The Bertz CT molecular complexity index is 835. The molecule has 0 aliphatic heterocycles. The third kappa shape index (κ3) is 3.90. The zero-order valence-electron chi connectivity index (χ0n) is 12.1. The summed E-state index contributed by atoms with van der Waals surface area (Å²) >= 11 is 1.49. The van der Waals surface area contributed by atoms with Crippen molar-refractivity contribution in [2.24, 2.45) is 0 Å². The van der Waals surface area contributed by atoms with Crippen molar-refractivity contribution in [2.45, 2.75) is 0 Å². The molecule has 5 heteroatoms. The highest BCUT2D eigenvalue weighted by Gasteiger charge is 2.08. The van der Waals surface area contributed by atoms with Crippen LogP contribution in [-0.2, 0) is 9.53 Å². The second kappa shape index (κ2) is 6.98. The summed E-state index contributed by atoms with van der Waals surface area (Å²) in [7, 11) is 0. The molecule has 0 atom stereocenters. The quantitative estimate of drug-likeness (QED) is 0.408. The number of aromatic nitrogens is 1. The number of rotatable bonds is 5. The lowest BCUT2D eigenvalue weighted by Gasteiger charge is -2.01. The van der Waals surface area contributed by atoms with Gasteiger partial charge in [-0.25, -0.2) is 9.78 Å².